The molecule has 0 saturated heterocycles. The normalized spacial score (nSPS) is 10.7. The Morgan fingerprint density at radius 1 is 1.00 bits per heavy atom. The van der Waals surface area contributed by atoms with Gasteiger partial charge in [-0.15, -0.1) is 10.2 Å². The van der Waals surface area contributed by atoms with E-state index < -0.39 is 0 Å². The Balaban J connectivity index is 1.85. The third-order valence-electron chi connectivity index (χ3n) is 3.78. The van der Waals surface area contributed by atoms with Crippen LogP contribution in [0.15, 0.2) is 25.0 Å². The number of aromatic nitrogens is 5. The zero-order valence-corrected chi connectivity index (χ0v) is 14.4. The molecule has 0 unspecified atom stereocenters. The van der Waals surface area contributed by atoms with Gasteiger partial charge >= 0.3 is 0 Å². The van der Waals surface area contributed by atoms with Crippen LogP contribution in [0.4, 0.5) is 5.82 Å². The first kappa shape index (κ1) is 16.7. The summed E-state index contributed by atoms with van der Waals surface area (Å²) in [6.07, 6.45) is 5.79. The van der Waals surface area contributed by atoms with Crippen molar-refractivity contribution in [2.75, 3.05) is 33.2 Å². The van der Waals surface area contributed by atoms with Gasteiger partial charge in [0.2, 0.25) is 5.75 Å². The number of hydrogen-bond acceptors (Lipinski definition) is 8. The summed E-state index contributed by atoms with van der Waals surface area (Å²) in [6.45, 7) is 1.56. The number of methoxy groups -OCH3 is 3. The lowest BCUT2D eigenvalue weighted by molar-refractivity contribution is 0.327. The molecule has 0 radical (unpaired) electrons. The fraction of sp³-hybridized carbons (Fsp3) is 0.375. The van der Waals surface area contributed by atoms with Gasteiger partial charge in [0.25, 0.3) is 0 Å². The van der Waals surface area contributed by atoms with Crippen molar-refractivity contribution in [3.05, 3.63) is 25.0 Å². The van der Waals surface area contributed by atoms with Crippen LogP contribution in [-0.2, 0) is 6.54 Å². The van der Waals surface area contributed by atoms with Gasteiger partial charge in [0.05, 0.1) is 26.7 Å². The lowest BCUT2D eigenvalue weighted by Crippen LogP contribution is -2.08. The van der Waals surface area contributed by atoms with E-state index in [-0.39, 0.29) is 0 Å². The molecule has 0 atom stereocenters. The van der Waals surface area contributed by atoms with Crippen LogP contribution < -0.4 is 19.5 Å². The molecule has 9 nitrogen and oxygen atoms in total. The van der Waals surface area contributed by atoms with E-state index in [0.29, 0.717) is 28.6 Å². The Morgan fingerprint density at radius 2 is 1.76 bits per heavy atom. The lowest BCUT2D eigenvalue weighted by atomic mass is 10.2. The topological polar surface area (TPSA) is 96.2 Å². The van der Waals surface area contributed by atoms with Crippen molar-refractivity contribution < 1.29 is 14.2 Å². The summed E-state index contributed by atoms with van der Waals surface area (Å²) < 4.78 is 18.2. The minimum atomic E-state index is 0.509. The number of benzene rings is 1. The first-order chi connectivity index (χ1) is 12.3. The van der Waals surface area contributed by atoms with Crippen LogP contribution in [0.25, 0.3) is 10.9 Å². The van der Waals surface area contributed by atoms with Gasteiger partial charge in [0.1, 0.15) is 30.3 Å². The molecule has 3 aromatic rings. The van der Waals surface area contributed by atoms with Crippen molar-refractivity contribution >= 4 is 16.7 Å². The van der Waals surface area contributed by atoms with Crippen LogP contribution in [0.2, 0.25) is 0 Å². The van der Waals surface area contributed by atoms with Gasteiger partial charge in [-0.1, -0.05) is 0 Å². The Hall–Kier alpha value is -3.10. The molecule has 25 heavy (non-hydrogen) atoms. The predicted octanol–water partition coefficient (Wildman–Crippen LogP) is 1.75. The largest absolute Gasteiger partial charge is 0.493 e. The Labute approximate surface area is 145 Å². The highest BCUT2D eigenvalue weighted by atomic mass is 16.5. The number of ether oxygens (including phenoxy) is 3. The van der Waals surface area contributed by atoms with Crippen LogP contribution in [0.5, 0.6) is 17.2 Å². The number of nitrogens with one attached hydrogen (secondary N) is 1. The lowest BCUT2D eigenvalue weighted by Gasteiger charge is -2.15. The number of rotatable bonds is 8. The molecule has 0 aliphatic carbocycles. The Kier molecular flexibility index (Phi) is 5.12. The highest BCUT2D eigenvalue weighted by molar-refractivity contribution is 5.96. The summed E-state index contributed by atoms with van der Waals surface area (Å²) in [5.74, 6) is 2.31. The monoisotopic (exact) mass is 344 g/mol. The molecule has 0 aliphatic rings. The van der Waals surface area contributed by atoms with E-state index in [1.807, 2.05) is 10.6 Å². The second-order valence-corrected chi connectivity index (χ2v) is 5.24. The number of aryl methyl sites for hydroxylation is 1. The summed E-state index contributed by atoms with van der Waals surface area (Å²) in [6, 6.07) is 1.85. The van der Waals surface area contributed by atoms with Crippen molar-refractivity contribution in [3.63, 3.8) is 0 Å². The van der Waals surface area contributed by atoms with E-state index in [2.05, 4.69) is 25.5 Å². The van der Waals surface area contributed by atoms with E-state index in [4.69, 9.17) is 14.2 Å². The molecule has 0 bridgehead atoms. The summed E-state index contributed by atoms with van der Waals surface area (Å²) in [5.41, 5.74) is 0.663. The molecule has 1 N–H and O–H groups in total. The summed E-state index contributed by atoms with van der Waals surface area (Å²) in [7, 11) is 4.72. The zero-order chi connectivity index (χ0) is 17.6. The Morgan fingerprint density at radius 3 is 2.44 bits per heavy atom. The summed E-state index contributed by atoms with van der Waals surface area (Å²) >= 11 is 0. The van der Waals surface area contributed by atoms with Gasteiger partial charge in [-0.05, 0) is 12.5 Å². The quantitative estimate of drug-likeness (QED) is 0.617. The maximum Gasteiger partial charge on any atom is 0.205 e. The molecule has 1 aromatic carbocycles. The van der Waals surface area contributed by atoms with Crippen LogP contribution >= 0.6 is 0 Å². The number of fused-ring (bicyclic) bond motifs is 1. The molecule has 0 spiro atoms. The van der Waals surface area contributed by atoms with Crippen LogP contribution in [-0.4, -0.2) is 52.6 Å². The van der Waals surface area contributed by atoms with Gasteiger partial charge in [0.15, 0.2) is 11.5 Å². The molecule has 3 rings (SSSR count). The molecule has 0 saturated carbocycles. The molecule has 132 valence electrons. The average Bonchev–Trinajstić information content (AvgIpc) is 3.17. The van der Waals surface area contributed by atoms with Crippen LogP contribution in [0.3, 0.4) is 0 Å². The minimum absolute atomic E-state index is 0.509. The first-order valence-corrected chi connectivity index (χ1v) is 7.78. The van der Waals surface area contributed by atoms with Crippen LogP contribution in [0, 0.1) is 0 Å². The average molecular weight is 344 g/mol. The molecule has 2 heterocycles. The van der Waals surface area contributed by atoms with Crippen molar-refractivity contribution in [1.29, 1.82) is 0 Å². The van der Waals surface area contributed by atoms with E-state index in [1.165, 1.54) is 6.33 Å². The maximum absolute atomic E-state index is 5.48. The molecule has 0 aliphatic heterocycles. The zero-order valence-electron chi connectivity index (χ0n) is 14.4. The highest BCUT2D eigenvalue weighted by Gasteiger charge is 2.19. The SMILES string of the molecule is COc1cc2c(NCCCn3cnnc3)ncnc2c(OC)c1OC. The van der Waals surface area contributed by atoms with Crippen molar-refractivity contribution in [3.8, 4) is 17.2 Å². The fourth-order valence-electron chi connectivity index (χ4n) is 2.61. The Bertz CT molecular complexity index is 838. The van der Waals surface area contributed by atoms with Crippen molar-refractivity contribution in [2.45, 2.75) is 13.0 Å². The summed E-state index contributed by atoms with van der Waals surface area (Å²) in [4.78, 5) is 8.68. The van der Waals surface area contributed by atoms with Crippen molar-refractivity contribution in [1.82, 2.24) is 24.7 Å². The van der Waals surface area contributed by atoms with E-state index in [9.17, 15) is 0 Å². The van der Waals surface area contributed by atoms with Crippen molar-refractivity contribution in [2.24, 2.45) is 0 Å². The fourth-order valence-corrected chi connectivity index (χ4v) is 2.61. The third-order valence-corrected chi connectivity index (χ3v) is 3.78. The molecule has 9 heteroatoms. The van der Waals surface area contributed by atoms with Gasteiger partial charge in [-0.3, -0.25) is 0 Å². The smallest absolute Gasteiger partial charge is 0.205 e. The predicted molar refractivity (Wildman–Crippen MR) is 92.3 cm³/mol. The second-order valence-electron chi connectivity index (χ2n) is 5.24. The number of anilines is 1. The van der Waals surface area contributed by atoms with E-state index >= 15 is 0 Å². The number of hydrogen-bond donors (Lipinski definition) is 1. The second kappa shape index (κ2) is 7.65. The van der Waals surface area contributed by atoms with Gasteiger partial charge in [0, 0.05) is 13.1 Å². The van der Waals surface area contributed by atoms with E-state index in [1.54, 1.807) is 34.0 Å². The molecular weight excluding hydrogens is 324 g/mol. The highest BCUT2D eigenvalue weighted by Crippen LogP contribution is 2.43. The molecule has 2 aromatic heterocycles. The molecular formula is C16H20N6O3. The molecule has 0 amide bonds. The van der Waals surface area contributed by atoms with Crippen LogP contribution in [0.1, 0.15) is 6.42 Å². The minimum Gasteiger partial charge on any atom is -0.493 e. The molecule has 0 fully saturated rings. The first-order valence-electron chi connectivity index (χ1n) is 7.78. The third kappa shape index (κ3) is 3.39. The maximum atomic E-state index is 5.48. The van der Waals surface area contributed by atoms with Gasteiger partial charge in [-0.2, -0.15) is 0 Å². The van der Waals surface area contributed by atoms with Gasteiger partial charge < -0.3 is 24.1 Å². The summed E-state index contributed by atoms with van der Waals surface area (Å²) in [5, 5.41) is 11.7. The van der Waals surface area contributed by atoms with Gasteiger partial charge in [-0.25, -0.2) is 9.97 Å². The standard InChI is InChI=1S/C16H20N6O3/c1-23-12-7-11-13(15(25-3)14(12)24-2)18-8-19-16(11)17-5-4-6-22-9-20-21-10-22/h7-10H,4-6H2,1-3H3,(H,17,18,19). The van der Waals surface area contributed by atoms with E-state index in [0.717, 1.165) is 24.9 Å². The number of nitrogens with zero attached hydrogens (tertiary/aromatic N) is 5.